The molecule has 0 fully saturated rings. The maximum atomic E-state index is 6.45. The normalized spacial score (nSPS) is 15.8. The molecule has 1 unspecified atom stereocenters. The molecule has 2 aliphatic rings. The molecule has 5 heteroatoms. The molecule has 3 aromatic carbocycles. The van der Waals surface area contributed by atoms with Crippen LogP contribution in [0.2, 0.25) is 0 Å². The van der Waals surface area contributed by atoms with Gasteiger partial charge < -0.3 is 9.47 Å². The molecule has 0 amide bonds. The molecule has 1 atom stereocenters. The molecular formula is C23H16N2O2S. The van der Waals surface area contributed by atoms with Crippen molar-refractivity contribution < 1.29 is 9.47 Å². The number of benzene rings is 3. The van der Waals surface area contributed by atoms with E-state index in [0.29, 0.717) is 0 Å². The highest BCUT2D eigenvalue weighted by atomic mass is 32.2. The van der Waals surface area contributed by atoms with Crippen molar-refractivity contribution in [1.29, 1.82) is 0 Å². The van der Waals surface area contributed by atoms with Gasteiger partial charge in [-0.05, 0) is 30.3 Å². The smallest absolute Gasteiger partial charge is 0.178 e. The van der Waals surface area contributed by atoms with Crippen LogP contribution in [-0.2, 0) is 0 Å². The second-order valence-corrected chi connectivity index (χ2v) is 7.86. The van der Waals surface area contributed by atoms with Crippen LogP contribution in [0.25, 0.3) is 28.2 Å². The van der Waals surface area contributed by atoms with Crippen LogP contribution in [0, 0.1) is 0 Å². The Morgan fingerprint density at radius 2 is 1.71 bits per heavy atom. The van der Waals surface area contributed by atoms with Gasteiger partial charge in [-0.3, -0.25) is 0 Å². The number of ether oxygens (including phenoxy) is 2. The Labute approximate surface area is 166 Å². The third kappa shape index (κ3) is 2.11. The largest absolute Gasteiger partial charge is 0.493 e. The lowest BCUT2D eigenvalue weighted by atomic mass is 9.98. The van der Waals surface area contributed by atoms with Gasteiger partial charge in [-0.15, -0.1) is 0 Å². The van der Waals surface area contributed by atoms with Crippen molar-refractivity contribution in [2.75, 3.05) is 7.11 Å². The molecule has 0 N–H and O–H groups in total. The van der Waals surface area contributed by atoms with Gasteiger partial charge in [-0.1, -0.05) is 54.2 Å². The SMILES string of the molecule is COc1cccc2c1OC1Sc3ccccc3-c3nn(-c4ccccc4)c-2c31. The van der Waals surface area contributed by atoms with Gasteiger partial charge >= 0.3 is 0 Å². The first-order chi connectivity index (χ1) is 13.8. The summed E-state index contributed by atoms with van der Waals surface area (Å²) in [7, 11) is 1.68. The van der Waals surface area contributed by atoms with Gasteiger partial charge in [0.1, 0.15) is 5.69 Å². The van der Waals surface area contributed by atoms with Crippen LogP contribution in [0.1, 0.15) is 11.0 Å². The van der Waals surface area contributed by atoms with Crippen molar-refractivity contribution in [1.82, 2.24) is 9.78 Å². The zero-order valence-electron chi connectivity index (χ0n) is 15.1. The van der Waals surface area contributed by atoms with Gasteiger partial charge in [-0.2, -0.15) is 5.10 Å². The molecule has 28 heavy (non-hydrogen) atoms. The molecule has 0 spiro atoms. The number of aromatic nitrogens is 2. The van der Waals surface area contributed by atoms with E-state index in [-0.39, 0.29) is 5.44 Å². The Bertz CT molecular complexity index is 1220. The average Bonchev–Trinajstić information content (AvgIpc) is 3.16. The monoisotopic (exact) mass is 384 g/mol. The predicted octanol–water partition coefficient (Wildman–Crippen LogP) is 5.71. The minimum absolute atomic E-state index is 0.152. The highest BCUT2D eigenvalue weighted by Crippen LogP contribution is 2.58. The molecule has 0 saturated heterocycles. The lowest BCUT2D eigenvalue weighted by Gasteiger charge is -2.31. The van der Waals surface area contributed by atoms with Crippen LogP contribution in [0.5, 0.6) is 11.5 Å². The number of rotatable bonds is 2. The zero-order chi connectivity index (χ0) is 18.7. The number of methoxy groups -OCH3 is 1. The van der Waals surface area contributed by atoms with E-state index in [2.05, 4.69) is 42.5 Å². The Hall–Kier alpha value is -3.18. The number of para-hydroxylation sites is 2. The fourth-order valence-electron chi connectivity index (χ4n) is 3.98. The van der Waals surface area contributed by atoms with Crippen molar-refractivity contribution in [2.45, 2.75) is 10.3 Å². The summed E-state index contributed by atoms with van der Waals surface area (Å²) in [5.74, 6) is 1.52. The van der Waals surface area contributed by atoms with E-state index in [0.717, 1.165) is 45.3 Å². The average molecular weight is 384 g/mol. The molecule has 0 saturated carbocycles. The summed E-state index contributed by atoms with van der Waals surface area (Å²) in [6.07, 6.45) is 0. The first-order valence-corrected chi connectivity index (χ1v) is 10.0. The summed E-state index contributed by atoms with van der Waals surface area (Å²) in [6, 6.07) is 24.7. The summed E-state index contributed by atoms with van der Waals surface area (Å²) in [4.78, 5) is 1.18. The number of hydrogen-bond donors (Lipinski definition) is 0. The molecule has 0 radical (unpaired) electrons. The van der Waals surface area contributed by atoms with Crippen LogP contribution in [0.4, 0.5) is 0 Å². The maximum Gasteiger partial charge on any atom is 0.178 e. The summed E-state index contributed by atoms with van der Waals surface area (Å²) >= 11 is 1.73. The van der Waals surface area contributed by atoms with Gasteiger partial charge in [0.25, 0.3) is 0 Å². The number of thioether (sulfide) groups is 1. The van der Waals surface area contributed by atoms with Crippen LogP contribution < -0.4 is 9.47 Å². The van der Waals surface area contributed by atoms with Crippen molar-refractivity contribution in [3.8, 4) is 39.7 Å². The molecule has 6 rings (SSSR count). The summed E-state index contributed by atoms with van der Waals surface area (Å²) in [6.45, 7) is 0. The van der Waals surface area contributed by atoms with Gasteiger partial charge in [0.15, 0.2) is 16.9 Å². The topological polar surface area (TPSA) is 36.3 Å². The van der Waals surface area contributed by atoms with Gasteiger partial charge in [0.05, 0.1) is 24.1 Å². The van der Waals surface area contributed by atoms with E-state index in [1.54, 1.807) is 18.9 Å². The molecular weight excluding hydrogens is 368 g/mol. The van der Waals surface area contributed by atoms with E-state index in [9.17, 15) is 0 Å². The first kappa shape index (κ1) is 15.8. The van der Waals surface area contributed by atoms with Crippen molar-refractivity contribution in [3.05, 3.63) is 78.4 Å². The molecule has 3 heterocycles. The quantitative estimate of drug-likeness (QED) is 0.443. The van der Waals surface area contributed by atoms with E-state index in [4.69, 9.17) is 14.6 Å². The molecule has 4 aromatic rings. The second kappa shape index (κ2) is 5.91. The summed E-state index contributed by atoms with van der Waals surface area (Å²) in [5.41, 5.74) is 6.25. The van der Waals surface area contributed by atoms with Crippen LogP contribution in [-0.4, -0.2) is 16.9 Å². The molecule has 136 valence electrons. The Morgan fingerprint density at radius 1 is 0.929 bits per heavy atom. The van der Waals surface area contributed by atoms with Crippen molar-refractivity contribution >= 4 is 11.8 Å². The third-order valence-corrected chi connectivity index (χ3v) is 6.37. The second-order valence-electron chi connectivity index (χ2n) is 6.76. The van der Waals surface area contributed by atoms with Crippen molar-refractivity contribution in [3.63, 3.8) is 0 Å². The van der Waals surface area contributed by atoms with Gasteiger partial charge in [0, 0.05) is 16.0 Å². The molecule has 0 aliphatic carbocycles. The third-order valence-electron chi connectivity index (χ3n) is 5.21. The fourth-order valence-corrected chi connectivity index (χ4v) is 5.15. The number of hydrogen-bond acceptors (Lipinski definition) is 4. The van der Waals surface area contributed by atoms with Gasteiger partial charge in [-0.25, -0.2) is 4.68 Å². The fraction of sp³-hybridized carbons (Fsp3) is 0.0870. The van der Waals surface area contributed by atoms with Gasteiger partial charge in [0.2, 0.25) is 0 Å². The zero-order valence-corrected chi connectivity index (χ0v) is 15.9. The Balaban J connectivity index is 1.72. The lowest BCUT2D eigenvalue weighted by molar-refractivity contribution is 0.271. The molecule has 2 aliphatic heterocycles. The standard InChI is InChI=1S/C23H16N2O2S/c1-26-17-12-7-11-16-21-19-20(24-25(21)14-8-3-2-4-9-14)15-10-5-6-13-18(15)28-23(19)27-22(16)17/h2-13,23H,1H3. The number of nitrogens with zero attached hydrogens (tertiary/aromatic N) is 2. The summed E-state index contributed by atoms with van der Waals surface area (Å²) in [5, 5.41) is 5.06. The highest BCUT2D eigenvalue weighted by Gasteiger charge is 2.39. The predicted molar refractivity (Wildman–Crippen MR) is 110 cm³/mol. The highest BCUT2D eigenvalue weighted by molar-refractivity contribution is 7.99. The minimum atomic E-state index is -0.152. The lowest BCUT2D eigenvalue weighted by Crippen LogP contribution is -2.15. The van der Waals surface area contributed by atoms with E-state index in [1.165, 1.54) is 4.90 Å². The van der Waals surface area contributed by atoms with E-state index >= 15 is 0 Å². The van der Waals surface area contributed by atoms with E-state index < -0.39 is 0 Å². The van der Waals surface area contributed by atoms with Crippen LogP contribution in [0.15, 0.2) is 77.7 Å². The Morgan fingerprint density at radius 3 is 2.57 bits per heavy atom. The van der Waals surface area contributed by atoms with E-state index in [1.807, 2.05) is 35.0 Å². The number of fused-ring (bicyclic) bond motifs is 4. The molecule has 0 bridgehead atoms. The maximum absolute atomic E-state index is 6.45. The molecule has 4 nitrogen and oxygen atoms in total. The summed E-state index contributed by atoms with van der Waals surface area (Å²) < 4.78 is 14.1. The Kier molecular flexibility index (Phi) is 3.34. The van der Waals surface area contributed by atoms with Crippen molar-refractivity contribution in [2.24, 2.45) is 0 Å². The van der Waals surface area contributed by atoms with Crippen LogP contribution >= 0.6 is 11.8 Å². The van der Waals surface area contributed by atoms with Crippen LogP contribution in [0.3, 0.4) is 0 Å². The first-order valence-electron chi connectivity index (χ1n) is 9.13. The molecule has 1 aromatic heterocycles. The minimum Gasteiger partial charge on any atom is -0.493 e.